The van der Waals surface area contributed by atoms with Crippen molar-refractivity contribution in [3.05, 3.63) is 46.4 Å². The fourth-order valence-corrected chi connectivity index (χ4v) is 6.05. The van der Waals surface area contributed by atoms with Crippen molar-refractivity contribution in [2.45, 2.75) is 83.6 Å². The number of carbonyl (C=O) groups is 1. The summed E-state index contributed by atoms with van der Waals surface area (Å²) < 4.78 is 32.1. The van der Waals surface area contributed by atoms with E-state index in [0.717, 1.165) is 80.7 Å². The molecule has 42 heavy (non-hydrogen) atoms. The Bertz CT molecular complexity index is 1200. The van der Waals surface area contributed by atoms with E-state index >= 15 is 4.39 Å². The number of halogens is 1. The van der Waals surface area contributed by atoms with Crippen molar-refractivity contribution in [2.75, 3.05) is 52.4 Å². The van der Waals surface area contributed by atoms with Crippen LogP contribution in [0, 0.1) is 11.7 Å². The zero-order valence-electron chi connectivity index (χ0n) is 25.9. The molecule has 232 valence electrons. The molecule has 0 saturated carbocycles. The minimum absolute atomic E-state index is 0.0121. The standard InChI is InChI=1S/C33H48FN3O5/c1-6-33(2,3)23-17-26(30(41-5)27(34)18-23)29(32(38)39)37-15-13-22(20-37)21-42-16-9-7-8-11-24-19-28(40-4)25-12-10-14-35-31(25)36-24/h17-19,22,29H,6-16,20-21H2,1-5H3,(H,35,36)(H,38,39)/t22-,29?/m1/s1. The third kappa shape index (κ3) is 7.53. The highest BCUT2D eigenvalue weighted by molar-refractivity contribution is 5.77. The second-order valence-corrected chi connectivity index (χ2v) is 12.3. The van der Waals surface area contributed by atoms with Crippen molar-refractivity contribution < 1.29 is 28.5 Å². The number of carboxylic acid groups (broad SMARTS) is 1. The number of pyridine rings is 1. The molecule has 2 aliphatic heterocycles. The molecule has 0 amide bonds. The van der Waals surface area contributed by atoms with E-state index in [4.69, 9.17) is 19.2 Å². The van der Waals surface area contributed by atoms with Crippen molar-refractivity contribution in [2.24, 2.45) is 5.92 Å². The Kier molecular flexibility index (Phi) is 11.1. The molecule has 2 atom stereocenters. The molecule has 0 bridgehead atoms. The van der Waals surface area contributed by atoms with Crippen LogP contribution in [0.5, 0.6) is 11.5 Å². The number of aryl methyl sites for hydroxylation is 1. The number of benzene rings is 1. The highest BCUT2D eigenvalue weighted by atomic mass is 19.1. The Hall–Kier alpha value is -2.91. The largest absolute Gasteiger partial charge is 0.496 e. The summed E-state index contributed by atoms with van der Waals surface area (Å²) in [7, 11) is 3.11. The van der Waals surface area contributed by atoms with Gasteiger partial charge in [0.2, 0.25) is 0 Å². The van der Waals surface area contributed by atoms with E-state index in [2.05, 4.69) is 11.4 Å². The maximum Gasteiger partial charge on any atom is 0.325 e. The number of rotatable bonds is 15. The summed E-state index contributed by atoms with van der Waals surface area (Å²) in [5.74, 6) is 0.631. The molecule has 1 aromatic heterocycles. The predicted octanol–water partition coefficient (Wildman–Crippen LogP) is 6.16. The summed E-state index contributed by atoms with van der Waals surface area (Å²) in [4.78, 5) is 19.2. The molecule has 1 saturated heterocycles. The van der Waals surface area contributed by atoms with Gasteiger partial charge in [-0.2, -0.15) is 0 Å². The van der Waals surface area contributed by atoms with Gasteiger partial charge in [0.25, 0.3) is 0 Å². The lowest BCUT2D eigenvalue weighted by atomic mass is 9.80. The highest BCUT2D eigenvalue weighted by Crippen LogP contribution is 2.39. The topological polar surface area (TPSA) is 93.2 Å². The van der Waals surface area contributed by atoms with Crippen LogP contribution in [0.4, 0.5) is 10.2 Å². The minimum atomic E-state index is -0.998. The number of aliphatic carboxylic acids is 1. The van der Waals surface area contributed by atoms with Crippen LogP contribution < -0.4 is 14.8 Å². The Morgan fingerprint density at radius 3 is 2.74 bits per heavy atom. The van der Waals surface area contributed by atoms with Crippen LogP contribution in [0.1, 0.15) is 87.7 Å². The van der Waals surface area contributed by atoms with E-state index in [9.17, 15) is 9.90 Å². The molecule has 0 spiro atoms. The summed E-state index contributed by atoms with van der Waals surface area (Å²) >= 11 is 0. The third-order valence-corrected chi connectivity index (χ3v) is 8.98. The van der Waals surface area contributed by atoms with E-state index in [1.807, 2.05) is 31.7 Å². The number of anilines is 1. The van der Waals surface area contributed by atoms with E-state index in [-0.39, 0.29) is 17.1 Å². The first-order chi connectivity index (χ1) is 20.2. The van der Waals surface area contributed by atoms with Gasteiger partial charge in [0.05, 0.1) is 20.8 Å². The van der Waals surface area contributed by atoms with Gasteiger partial charge in [-0.25, -0.2) is 9.37 Å². The number of aromatic nitrogens is 1. The van der Waals surface area contributed by atoms with E-state index < -0.39 is 17.8 Å². The fraction of sp³-hybridized carbons (Fsp3) is 0.636. The van der Waals surface area contributed by atoms with Crippen LogP contribution in [-0.4, -0.2) is 68.0 Å². The minimum Gasteiger partial charge on any atom is -0.496 e. The lowest BCUT2D eigenvalue weighted by Crippen LogP contribution is -2.33. The monoisotopic (exact) mass is 585 g/mol. The first kappa shape index (κ1) is 32.0. The first-order valence-corrected chi connectivity index (χ1v) is 15.4. The number of unbranched alkanes of at least 4 members (excludes halogenated alkanes) is 2. The van der Waals surface area contributed by atoms with Crippen LogP contribution in [0.15, 0.2) is 18.2 Å². The summed E-state index contributed by atoms with van der Waals surface area (Å²) in [6.07, 6.45) is 7.69. The second-order valence-electron chi connectivity index (χ2n) is 12.3. The van der Waals surface area contributed by atoms with Crippen molar-refractivity contribution in [3.63, 3.8) is 0 Å². The van der Waals surface area contributed by atoms with Crippen LogP contribution in [0.25, 0.3) is 0 Å². The van der Waals surface area contributed by atoms with E-state index in [1.54, 1.807) is 7.11 Å². The molecule has 2 aliphatic rings. The van der Waals surface area contributed by atoms with Crippen molar-refractivity contribution >= 4 is 11.8 Å². The Balaban J connectivity index is 1.25. The number of fused-ring (bicyclic) bond motifs is 1. The lowest BCUT2D eigenvalue weighted by Gasteiger charge is -2.29. The second kappa shape index (κ2) is 14.5. The highest BCUT2D eigenvalue weighted by Gasteiger charge is 2.37. The zero-order chi connectivity index (χ0) is 30.3. The van der Waals surface area contributed by atoms with E-state index in [1.165, 1.54) is 18.7 Å². The van der Waals surface area contributed by atoms with Gasteiger partial charge < -0.3 is 24.6 Å². The third-order valence-electron chi connectivity index (χ3n) is 8.98. The maximum absolute atomic E-state index is 15.1. The Morgan fingerprint density at radius 2 is 2.02 bits per heavy atom. The SMILES string of the molecule is CCC(C)(C)c1cc(F)c(OC)c(C(C(=O)O)N2CC[C@@H](COCCCCCc3cc(OC)c4c(n3)NCCC4)C2)c1. The lowest BCUT2D eigenvalue weighted by molar-refractivity contribution is -0.143. The van der Waals surface area contributed by atoms with Gasteiger partial charge in [0.15, 0.2) is 11.6 Å². The first-order valence-electron chi connectivity index (χ1n) is 15.4. The van der Waals surface area contributed by atoms with Gasteiger partial charge in [0, 0.05) is 42.6 Å². The van der Waals surface area contributed by atoms with Gasteiger partial charge in [-0.05, 0) is 80.5 Å². The number of ether oxygens (including phenoxy) is 3. The zero-order valence-corrected chi connectivity index (χ0v) is 25.9. The number of hydrogen-bond acceptors (Lipinski definition) is 7. The number of nitrogens with one attached hydrogen (secondary N) is 1. The van der Waals surface area contributed by atoms with Gasteiger partial charge in [-0.15, -0.1) is 0 Å². The number of carboxylic acids is 1. The van der Waals surface area contributed by atoms with Gasteiger partial charge in [-0.1, -0.05) is 27.2 Å². The van der Waals surface area contributed by atoms with Crippen LogP contribution in [0.3, 0.4) is 0 Å². The van der Waals surface area contributed by atoms with Gasteiger partial charge >= 0.3 is 5.97 Å². The molecule has 2 N–H and O–H groups in total. The summed E-state index contributed by atoms with van der Waals surface area (Å²) in [5, 5.41) is 13.6. The molecule has 3 heterocycles. The number of likely N-dealkylation sites (tertiary alicyclic amines) is 1. The molecule has 0 radical (unpaired) electrons. The molecule has 1 aromatic carbocycles. The van der Waals surface area contributed by atoms with Gasteiger partial charge in [0.1, 0.15) is 17.6 Å². The van der Waals surface area contributed by atoms with Crippen molar-refractivity contribution in [1.82, 2.24) is 9.88 Å². The molecule has 1 fully saturated rings. The van der Waals surface area contributed by atoms with Crippen LogP contribution >= 0.6 is 0 Å². The molecule has 2 aromatic rings. The summed E-state index contributed by atoms with van der Waals surface area (Å²) in [5.41, 5.74) is 3.11. The normalized spacial score (nSPS) is 17.9. The molecular weight excluding hydrogens is 537 g/mol. The summed E-state index contributed by atoms with van der Waals surface area (Å²) in [6.45, 7) is 9.54. The molecular formula is C33H48FN3O5. The number of nitrogens with zero attached hydrogens (tertiary/aromatic N) is 2. The fourth-order valence-electron chi connectivity index (χ4n) is 6.05. The Morgan fingerprint density at radius 1 is 1.21 bits per heavy atom. The molecule has 1 unspecified atom stereocenters. The van der Waals surface area contributed by atoms with Crippen LogP contribution in [-0.2, 0) is 27.8 Å². The van der Waals surface area contributed by atoms with E-state index in [0.29, 0.717) is 31.9 Å². The molecule has 0 aliphatic carbocycles. The average molecular weight is 586 g/mol. The van der Waals surface area contributed by atoms with Crippen LogP contribution in [0.2, 0.25) is 0 Å². The number of methoxy groups -OCH3 is 2. The smallest absolute Gasteiger partial charge is 0.325 e. The molecule has 4 rings (SSSR count). The maximum atomic E-state index is 15.1. The van der Waals surface area contributed by atoms with Crippen molar-refractivity contribution in [3.8, 4) is 11.5 Å². The Labute approximate surface area is 249 Å². The number of hydrogen-bond donors (Lipinski definition) is 2. The molecule has 9 heteroatoms. The predicted molar refractivity (Wildman–Crippen MR) is 162 cm³/mol. The van der Waals surface area contributed by atoms with Crippen molar-refractivity contribution in [1.29, 1.82) is 0 Å². The van der Waals surface area contributed by atoms with Gasteiger partial charge in [-0.3, -0.25) is 9.69 Å². The molecule has 8 nitrogen and oxygen atoms in total. The quantitative estimate of drug-likeness (QED) is 0.240. The summed E-state index contributed by atoms with van der Waals surface area (Å²) in [6, 6.07) is 4.39. The average Bonchev–Trinajstić information content (AvgIpc) is 3.44.